The SMILES string of the molecule is O=C(NCc1cn2cc([C@H]3COC[C@@H](C4CCCCC4)N3)ccc2n1)c1cccc2[nH]ncc12. The van der Waals surface area contributed by atoms with Gasteiger partial charge >= 0.3 is 0 Å². The molecule has 1 aliphatic carbocycles. The van der Waals surface area contributed by atoms with Crippen LogP contribution in [0.1, 0.15) is 59.8 Å². The maximum Gasteiger partial charge on any atom is 0.252 e. The Labute approximate surface area is 198 Å². The number of ether oxygens (including phenoxy) is 1. The molecule has 0 spiro atoms. The smallest absolute Gasteiger partial charge is 0.252 e. The molecule has 0 bridgehead atoms. The maximum absolute atomic E-state index is 12.8. The fourth-order valence-electron chi connectivity index (χ4n) is 5.45. The highest BCUT2D eigenvalue weighted by molar-refractivity contribution is 6.05. The van der Waals surface area contributed by atoms with Crippen molar-refractivity contribution in [3.05, 3.63) is 65.7 Å². The number of H-pyrrole nitrogens is 1. The summed E-state index contributed by atoms with van der Waals surface area (Å²) in [7, 11) is 0. The summed E-state index contributed by atoms with van der Waals surface area (Å²) in [5.74, 6) is 0.582. The van der Waals surface area contributed by atoms with E-state index in [1.807, 2.05) is 34.9 Å². The van der Waals surface area contributed by atoms with Gasteiger partial charge in [-0.3, -0.25) is 9.89 Å². The molecule has 6 rings (SSSR count). The molecule has 34 heavy (non-hydrogen) atoms. The molecule has 3 N–H and O–H groups in total. The number of carbonyl (C=O) groups is 1. The predicted molar refractivity (Wildman–Crippen MR) is 130 cm³/mol. The van der Waals surface area contributed by atoms with Gasteiger partial charge in [0.25, 0.3) is 5.91 Å². The van der Waals surface area contributed by atoms with Crippen molar-refractivity contribution in [3.8, 4) is 0 Å². The van der Waals surface area contributed by atoms with Crippen molar-refractivity contribution in [1.29, 1.82) is 0 Å². The number of amides is 1. The standard InChI is InChI=1S/C26H30N6O2/c33-26(20-7-4-8-22-21(20)12-28-31-22)27-11-19-14-32-13-18(9-10-25(32)29-19)24-16-34-15-23(30-24)17-5-2-1-3-6-17/h4,7-10,12-14,17,23-24,30H,1-3,5-6,11,15-16H2,(H,27,33)(H,28,31)/t23-,24+/m0/s1. The van der Waals surface area contributed by atoms with E-state index < -0.39 is 0 Å². The number of imidazole rings is 1. The summed E-state index contributed by atoms with van der Waals surface area (Å²) in [6.07, 6.45) is 12.4. The third kappa shape index (κ3) is 4.19. The molecule has 1 saturated carbocycles. The second-order valence-electron chi connectivity index (χ2n) is 9.54. The Kier molecular flexibility index (Phi) is 5.76. The van der Waals surface area contributed by atoms with Crippen molar-refractivity contribution in [2.45, 2.75) is 50.7 Å². The molecule has 1 aliphatic heterocycles. The van der Waals surface area contributed by atoms with Gasteiger partial charge in [-0.1, -0.05) is 31.4 Å². The van der Waals surface area contributed by atoms with Crippen LogP contribution in [0, 0.1) is 5.92 Å². The van der Waals surface area contributed by atoms with Gasteiger partial charge in [0, 0.05) is 23.8 Å². The fourth-order valence-corrected chi connectivity index (χ4v) is 5.45. The normalized spacial score (nSPS) is 21.8. The number of hydrogen-bond acceptors (Lipinski definition) is 5. The molecule has 4 heterocycles. The van der Waals surface area contributed by atoms with Crippen molar-refractivity contribution in [3.63, 3.8) is 0 Å². The first kappa shape index (κ1) is 21.3. The molecule has 1 saturated heterocycles. The molecule has 8 nitrogen and oxygen atoms in total. The van der Waals surface area contributed by atoms with E-state index in [1.165, 1.54) is 37.7 Å². The molecule has 0 radical (unpaired) electrons. The predicted octanol–water partition coefficient (Wildman–Crippen LogP) is 3.75. The summed E-state index contributed by atoms with van der Waals surface area (Å²) in [6.45, 7) is 1.86. The van der Waals surface area contributed by atoms with E-state index >= 15 is 0 Å². The molecule has 4 aromatic rings. The van der Waals surface area contributed by atoms with E-state index in [2.05, 4.69) is 38.1 Å². The summed E-state index contributed by atoms with van der Waals surface area (Å²) in [5.41, 5.74) is 4.34. The molecule has 3 aromatic heterocycles. The first-order valence-corrected chi connectivity index (χ1v) is 12.3. The highest BCUT2D eigenvalue weighted by Gasteiger charge is 2.30. The van der Waals surface area contributed by atoms with E-state index in [4.69, 9.17) is 4.74 Å². The van der Waals surface area contributed by atoms with Crippen LogP contribution in [0.2, 0.25) is 0 Å². The van der Waals surface area contributed by atoms with Gasteiger partial charge in [0.15, 0.2) is 0 Å². The summed E-state index contributed by atoms with van der Waals surface area (Å²) >= 11 is 0. The summed E-state index contributed by atoms with van der Waals surface area (Å²) < 4.78 is 8.05. The summed E-state index contributed by atoms with van der Waals surface area (Å²) in [6, 6.07) is 10.4. The Morgan fingerprint density at radius 2 is 2.03 bits per heavy atom. The number of nitrogens with zero attached hydrogens (tertiary/aromatic N) is 3. The highest BCUT2D eigenvalue weighted by atomic mass is 16.5. The van der Waals surface area contributed by atoms with Gasteiger partial charge < -0.3 is 19.8 Å². The Morgan fingerprint density at radius 1 is 1.12 bits per heavy atom. The maximum atomic E-state index is 12.8. The molecule has 1 amide bonds. The lowest BCUT2D eigenvalue weighted by atomic mass is 9.83. The van der Waals surface area contributed by atoms with Crippen LogP contribution in [0.15, 0.2) is 48.9 Å². The van der Waals surface area contributed by atoms with Crippen molar-refractivity contribution in [1.82, 2.24) is 30.2 Å². The number of rotatable bonds is 5. The number of pyridine rings is 1. The van der Waals surface area contributed by atoms with Crippen molar-refractivity contribution >= 4 is 22.5 Å². The lowest BCUT2D eigenvalue weighted by molar-refractivity contribution is 0.0201. The van der Waals surface area contributed by atoms with Gasteiger partial charge in [0.2, 0.25) is 0 Å². The third-order valence-corrected chi connectivity index (χ3v) is 7.30. The lowest BCUT2D eigenvalue weighted by Gasteiger charge is -2.37. The van der Waals surface area contributed by atoms with Crippen molar-refractivity contribution in [2.24, 2.45) is 5.92 Å². The minimum absolute atomic E-state index is 0.137. The van der Waals surface area contributed by atoms with Crippen molar-refractivity contribution < 1.29 is 9.53 Å². The quantitative estimate of drug-likeness (QED) is 0.423. The van der Waals surface area contributed by atoms with E-state index in [0.29, 0.717) is 24.8 Å². The highest BCUT2D eigenvalue weighted by Crippen LogP contribution is 2.30. The Hall–Kier alpha value is -3.23. The molecule has 8 heteroatoms. The Balaban J connectivity index is 1.14. The average molecular weight is 459 g/mol. The van der Waals surface area contributed by atoms with E-state index in [0.717, 1.165) is 34.8 Å². The third-order valence-electron chi connectivity index (χ3n) is 7.30. The van der Waals surface area contributed by atoms with Crippen LogP contribution in [-0.4, -0.2) is 44.7 Å². The topological polar surface area (TPSA) is 96.3 Å². The van der Waals surface area contributed by atoms with Gasteiger partial charge in [-0.2, -0.15) is 5.10 Å². The fraction of sp³-hybridized carbons (Fsp3) is 0.423. The van der Waals surface area contributed by atoms with Crippen LogP contribution in [0.5, 0.6) is 0 Å². The second kappa shape index (κ2) is 9.19. The van der Waals surface area contributed by atoms with Gasteiger partial charge in [-0.15, -0.1) is 0 Å². The minimum Gasteiger partial charge on any atom is -0.378 e. The molecule has 0 unspecified atom stereocenters. The Bertz CT molecular complexity index is 1310. The zero-order chi connectivity index (χ0) is 22.9. The van der Waals surface area contributed by atoms with Crippen LogP contribution >= 0.6 is 0 Å². The number of fused-ring (bicyclic) bond motifs is 2. The zero-order valence-corrected chi connectivity index (χ0v) is 19.2. The Morgan fingerprint density at radius 3 is 2.94 bits per heavy atom. The summed E-state index contributed by atoms with van der Waals surface area (Å²) in [5, 5.41) is 14.6. The first-order valence-electron chi connectivity index (χ1n) is 12.3. The van der Waals surface area contributed by atoms with E-state index in [9.17, 15) is 4.79 Å². The van der Waals surface area contributed by atoms with Gasteiger partial charge in [0.1, 0.15) is 5.65 Å². The van der Waals surface area contributed by atoms with Gasteiger partial charge in [-0.25, -0.2) is 4.98 Å². The molecular formula is C26H30N6O2. The molecule has 2 aliphatic rings. The number of hydrogen-bond donors (Lipinski definition) is 3. The minimum atomic E-state index is -0.137. The molecule has 2 atom stereocenters. The number of aromatic nitrogens is 4. The first-order chi connectivity index (χ1) is 16.7. The van der Waals surface area contributed by atoms with Crippen LogP contribution in [0.4, 0.5) is 0 Å². The summed E-state index contributed by atoms with van der Waals surface area (Å²) in [4.78, 5) is 17.4. The molecule has 176 valence electrons. The van der Waals surface area contributed by atoms with E-state index in [1.54, 1.807) is 6.20 Å². The number of aromatic amines is 1. The number of carbonyl (C=O) groups excluding carboxylic acids is 1. The molecule has 2 fully saturated rings. The van der Waals surface area contributed by atoms with Crippen molar-refractivity contribution in [2.75, 3.05) is 13.2 Å². The van der Waals surface area contributed by atoms with Gasteiger partial charge in [-0.05, 0) is 42.5 Å². The van der Waals surface area contributed by atoms with Gasteiger partial charge in [0.05, 0.1) is 48.8 Å². The largest absolute Gasteiger partial charge is 0.378 e. The number of nitrogens with one attached hydrogen (secondary N) is 3. The monoisotopic (exact) mass is 458 g/mol. The van der Waals surface area contributed by atoms with Crippen LogP contribution in [0.3, 0.4) is 0 Å². The average Bonchev–Trinajstić information content (AvgIpc) is 3.54. The number of benzene rings is 1. The zero-order valence-electron chi connectivity index (χ0n) is 19.2. The molecule has 1 aromatic carbocycles. The van der Waals surface area contributed by atoms with Crippen LogP contribution < -0.4 is 10.6 Å². The van der Waals surface area contributed by atoms with Crippen LogP contribution in [0.25, 0.3) is 16.6 Å². The molecular weight excluding hydrogens is 428 g/mol. The number of morpholine rings is 1. The second-order valence-corrected chi connectivity index (χ2v) is 9.54. The lowest BCUT2D eigenvalue weighted by Crippen LogP contribution is -2.48. The van der Waals surface area contributed by atoms with Crippen LogP contribution in [-0.2, 0) is 11.3 Å². The van der Waals surface area contributed by atoms with E-state index in [-0.39, 0.29) is 11.9 Å².